The molecule has 2 heterocycles. The number of aromatic amines is 1. The third-order valence-electron chi connectivity index (χ3n) is 10.1. The van der Waals surface area contributed by atoms with E-state index in [9.17, 15) is 37.8 Å². The number of benzene rings is 4. The summed E-state index contributed by atoms with van der Waals surface area (Å²) in [5.41, 5.74) is 5.41. The smallest absolute Gasteiger partial charge is 0.430 e. The molecule has 0 unspecified atom stereocenters. The Morgan fingerprint density at radius 1 is 0.934 bits per heavy atom. The second kappa shape index (κ2) is 20.5. The summed E-state index contributed by atoms with van der Waals surface area (Å²) in [6.07, 6.45) is -3.49. The fourth-order valence-electron chi connectivity index (χ4n) is 6.82. The molecule has 6 rings (SSSR count). The van der Waals surface area contributed by atoms with Crippen molar-refractivity contribution in [3.8, 4) is 16.9 Å². The average molecular weight is 866 g/mol. The number of hydrogen-bond acceptors (Lipinski definition) is 9. The van der Waals surface area contributed by atoms with Crippen molar-refractivity contribution < 1.29 is 52.1 Å². The van der Waals surface area contributed by atoms with Gasteiger partial charge in [0.1, 0.15) is 17.8 Å². The van der Waals surface area contributed by atoms with Crippen molar-refractivity contribution in [1.29, 1.82) is 0 Å². The van der Waals surface area contributed by atoms with Crippen molar-refractivity contribution in [2.75, 3.05) is 44.4 Å². The Bertz CT molecular complexity index is 2380. The molecule has 1 aromatic heterocycles. The van der Waals surface area contributed by atoms with E-state index in [4.69, 9.17) is 26.2 Å². The number of carboxylic acid groups (broad SMARTS) is 1. The van der Waals surface area contributed by atoms with Gasteiger partial charge < -0.3 is 45.0 Å². The minimum atomic E-state index is -5.19. The first-order valence-corrected chi connectivity index (χ1v) is 19.8. The van der Waals surface area contributed by atoms with E-state index in [-0.39, 0.29) is 41.8 Å². The number of aromatic hydroxyl groups is 1. The Morgan fingerprint density at radius 3 is 2.30 bits per heavy atom. The van der Waals surface area contributed by atoms with Crippen LogP contribution in [0.4, 0.5) is 29.3 Å². The van der Waals surface area contributed by atoms with E-state index in [2.05, 4.69) is 35.0 Å². The molecule has 6 N–H and O–H groups in total. The van der Waals surface area contributed by atoms with Crippen molar-refractivity contribution >= 4 is 51.8 Å². The number of aliphatic hydroxyl groups is 1. The number of phenolic OH excluding ortho intramolecular Hbond substituents is 1. The topological polar surface area (TPSA) is 193 Å². The highest BCUT2D eigenvalue weighted by molar-refractivity contribution is 6.33. The summed E-state index contributed by atoms with van der Waals surface area (Å²) in [7, 11) is 4.38. The van der Waals surface area contributed by atoms with Gasteiger partial charge >= 0.3 is 12.3 Å². The summed E-state index contributed by atoms with van der Waals surface area (Å²) in [5.74, 6) is -3.24. The van der Waals surface area contributed by atoms with Gasteiger partial charge in [0.15, 0.2) is 0 Å². The zero-order chi connectivity index (χ0) is 44.3. The second-order valence-electron chi connectivity index (χ2n) is 15.3. The molecular formula is C44H47ClF3N5O8. The van der Waals surface area contributed by atoms with Crippen LogP contribution in [0.25, 0.3) is 22.0 Å². The van der Waals surface area contributed by atoms with Gasteiger partial charge in [-0.2, -0.15) is 13.2 Å². The molecular weight excluding hydrogens is 819 g/mol. The summed E-state index contributed by atoms with van der Waals surface area (Å²) in [6, 6.07) is 27.2. The Labute approximate surface area is 354 Å². The zero-order valence-electron chi connectivity index (χ0n) is 33.5. The number of alkyl halides is 3. The average Bonchev–Trinajstić information content (AvgIpc) is 3.20. The predicted octanol–water partition coefficient (Wildman–Crippen LogP) is 6.42. The lowest BCUT2D eigenvalue weighted by atomic mass is 9.99. The van der Waals surface area contributed by atoms with Crippen molar-refractivity contribution in [2.24, 2.45) is 0 Å². The van der Waals surface area contributed by atoms with E-state index in [0.717, 1.165) is 52.7 Å². The number of aliphatic hydroxyl groups excluding tert-OH is 1. The number of rotatable bonds is 13. The third-order valence-corrected chi connectivity index (χ3v) is 10.4. The number of aliphatic carboxylic acids is 1. The molecule has 324 valence electrons. The number of aryl methyl sites for hydroxylation is 1. The number of H-pyrrole nitrogens is 1. The van der Waals surface area contributed by atoms with E-state index >= 15 is 0 Å². The quantitative estimate of drug-likeness (QED) is 0.0725. The van der Waals surface area contributed by atoms with Gasteiger partial charge in [-0.05, 0) is 65.4 Å². The number of ether oxygens (including phenoxy) is 1. The van der Waals surface area contributed by atoms with Crippen LogP contribution in [0.1, 0.15) is 48.5 Å². The molecule has 1 atom stereocenters. The second-order valence-corrected chi connectivity index (χ2v) is 15.7. The maximum absolute atomic E-state index is 13.0. The minimum absolute atomic E-state index is 0.0671. The van der Waals surface area contributed by atoms with Crippen molar-refractivity contribution in [3.63, 3.8) is 0 Å². The van der Waals surface area contributed by atoms with E-state index in [1.807, 2.05) is 54.6 Å². The van der Waals surface area contributed by atoms with Crippen LogP contribution in [0, 0.1) is 0 Å². The van der Waals surface area contributed by atoms with Crippen LogP contribution in [0.2, 0.25) is 5.02 Å². The van der Waals surface area contributed by atoms with E-state index in [0.29, 0.717) is 46.7 Å². The van der Waals surface area contributed by atoms with Gasteiger partial charge in [-0.1, -0.05) is 66.2 Å². The number of phenols is 1. The summed E-state index contributed by atoms with van der Waals surface area (Å²) in [6.45, 7) is 2.55. The van der Waals surface area contributed by atoms with Gasteiger partial charge in [-0.3, -0.25) is 14.9 Å². The van der Waals surface area contributed by atoms with Gasteiger partial charge in [0.2, 0.25) is 11.5 Å². The normalized spacial score (nSPS) is 14.3. The number of aromatic nitrogens is 1. The van der Waals surface area contributed by atoms with E-state index in [1.54, 1.807) is 24.3 Å². The van der Waals surface area contributed by atoms with E-state index < -0.39 is 24.3 Å². The zero-order valence-corrected chi connectivity index (χ0v) is 34.2. The van der Waals surface area contributed by atoms with Crippen LogP contribution in [-0.4, -0.2) is 83.7 Å². The molecule has 0 aliphatic carbocycles. The first-order valence-electron chi connectivity index (χ1n) is 19.5. The fraction of sp³-hybridized carbons (Fsp3) is 0.318. The molecule has 0 saturated carbocycles. The van der Waals surface area contributed by atoms with Crippen molar-refractivity contribution in [2.45, 2.75) is 57.0 Å². The van der Waals surface area contributed by atoms with E-state index in [1.165, 1.54) is 12.1 Å². The minimum Gasteiger partial charge on any atom is -0.542 e. The molecule has 0 spiro atoms. The molecule has 5 aromatic rings. The Hall–Kier alpha value is -5.94. The number of halogens is 4. The highest BCUT2D eigenvalue weighted by atomic mass is 35.5. The van der Waals surface area contributed by atoms with Crippen LogP contribution >= 0.6 is 11.6 Å². The summed E-state index contributed by atoms with van der Waals surface area (Å²) < 4.78 is 38.3. The SMILES string of the molecule is C[N+]1(C)CCC(OC(=O)Nc2cc(CCCC(=O)Nc3ccc(CNC[C@H](O)c4ccc(O)c5[nH]c(=O)ccc45)cc3Cl)ccc2-c2ccccc2)CC1.O=C([O-])C(F)(F)F. The van der Waals surface area contributed by atoms with Gasteiger partial charge in [0.05, 0.1) is 55.2 Å². The number of carbonyl (C=O) groups is 3. The summed E-state index contributed by atoms with van der Waals surface area (Å²) in [5, 5.41) is 39.8. The number of fused-ring (bicyclic) bond motifs is 1. The van der Waals surface area contributed by atoms with Gasteiger partial charge in [0.25, 0.3) is 0 Å². The highest BCUT2D eigenvalue weighted by Crippen LogP contribution is 2.31. The number of quaternary nitrogens is 1. The molecule has 4 aromatic carbocycles. The summed E-state index contributed by atoms with van der Waals surface area (Å²) >= 11 is 6.54. The molecule has 0 radical (unpaired) electrons. The molecule has 61 heavy (non-hydrogen) atoms. The largest absolute Gasteiger partial charge is 0.542 e. The number of carboxylic acids is 1. The number of anilines is 2. The number of hydrogen-bond donors (Lipinski definition) is 6. The fourth-order valence-corrected chi connectivity index (χ4v) is 7.07. The number of piperidine rings is 1. The number of pyridine rings is 1. The molecule has 13 nitrogen and oxygen atoms in total. The summed E-state index contributed by atoms with van der Waals surface area (Å²) in [4.78, 5) is 49.0. The third kappa shape index (κ3) is 13.5. The first-order chi connectivity index (χ1) is 28.9. The number of nitrogens with one attached hydrogen (secondary N) is 4. The van der Waals surface area contributed by atoms with Crippen molar-refractivity contribution in [3.05, 3.63) is 123 Å². The number of nitrogens with zero attached hydrogens (tertiary/aromatic N) is 1. The maximum Gasteiger partial charge on any atom is 0.430 e. The number of carbonyl (C=O) groups excluding carboxylic acids is 3. The standard InChI is InChI=1S/C42H46ClN5O6.C2HF3O2/c1-48(2)21-19-30(20-22-48)54-42(53)46-36-24-27(11-13-31(36)29-8-4-3-5-9-29)7-6-10-39(51)45-35-16-12-28(23-34(35)43)25-44-26-38(50)32-14-17-37(49)41-33(32)15-18-40(52)47-41;3-2(4,5)1(6)7/h3-5,8-9,11-18,23-24,30,38,44,50H,6-7,10,19-22,25-26H2,1-2H3,(H3-,45,46,47,49,51,52,53);(H,6,7)/t38-;/m0./s1. The lowest BCUT2D eigenvalue weighted by Crippen LogP contribution is -2.48. The van der Waals surface area contributed by atoms with Crippen LogP contribution in [0.3, 0.4) is 0 Å². The lowest BCUT2D eigenvalue weighted by Gasteiger charge is -2.36. The van der Waals surface area contributed by atoms with Gasteiger partial charge in [-0.25, -0.2) is 4.79 Å². The Balaban J connectivity index is 0.000000925. The van der Waals surface area contributed by atoms with Crippen LogP contribution in [0.5, 0.6) is 5.75 Å². The molecule has 1 saturated heterocycles. The molecule has 0 bridgehead atoms. The van der Waals surface area contributed by atoms with Crippen LogP contribution in [0.15, 0.2) is 95.8 Å². The van der Waals surface area contributed by atoms with Crippen LogP contribution < -0.4 is 26.6 Å². The Kier molecular flexibility index (Phi) is 15.5. The molecule has 2 amide bonds. The molecule has 1 aliphatic rings. The molecule has 1 fully saturated rings. The highest BCUT2D eigenvalue weighted by Gasteiger charge is 2.29. The van der Waals surface area contributed by atoms with Gasteiger partial charge in [-0.15, -0.1) is 0 Å². The van der Waals surface area contributed by atoms with Gasteiger partial charge in [0, 0.05) is 49.4 Å². The molecule has 17 heteroatoms. The number of amides is 2. The van der Waals surface area contributed by atoms with Crippen LogP contribution in [-0.2, 0) is 27.3 Å². The first kappa shape index (κ1) is 46.1. The lowest BCUT2D eigenvalue weighted by molar-refractivity contribution is -0.896. The van der Waals surface area contributed by atoms with Crippen molar-refractivity contribution in [1.82, 2.24) is 10.3 Å². The molecule has 1 aliphatic heterocycles. The maximum atomic E-state index is 13.0. The Morgan fingerprint density at radius 2 is 1.62 bits per heavy atom. The monoisotopic (exact) mass is 865 g/mol. The number of likely N-dealkylation sites (tertiary alicyclic amines) is 1. The predicted molar refractivity (Wildman–Crippen MR) is 224 cm³/mol.